The maximum atomic E-state index is 8.52. The van der Waals surface area contributed by atoms with E-state index in [-0.39, 0.29) is 79.7 Å². The summed E-state index contributed by atoms with van der Waals surface area (Å²) in [6.07, 6.45) is 0. The van der Waals surface area contributed by atoms with Crippen LogP contribution >= 0.6 is 0 Å². The molecule has 0 aromatic carbocycles. The molecule has 0 aromatic rings. The Kier molecular flexibility index (Phi) is 38.2. The minimum absolute atomic E-state index is 0. The maximum Gasteiger partial charge on any atom is 3.00 e. The van der Waals surface area contributed by atoms with E-state index >= 15 is 0 Å². The van der Waals surface area contributed by atoms with Crippen molar-refractivity contribution < 1.29 is 115 Å². The largest absolute Gasteiger partial charge is 3.00 e. The molecule has 0 rings (SSSR count). The summed E-state index contributed by atoms with van der Waals surface area (Å²) >= 11 is 0. The topological polar surface area (TPSA) is 224 Å². The van der Waals surface area contributed by atoms with Crippen molar-refractivity contribution >= 4 is 20.8 Å². The summed E-state index contributed by atoms with van der Waals surface area (Å²) in [5.74, 6) is 0. The predicted molar refractivity (Wildman–Crippen MR) is 28.2 cm³/mol. The van der Waals surface area contributed by atoms with Crippen LogP contribution in [0.3, 0.4) is 0 Å². The molecule has 4 N–H and O–H groups in total. The molecule has 14 heavy (non-hydrogen) atoms. The zero-order chi connectivity index (χ0) is 9.00. The van der Waals surface area contributed by atoms with Crippen molar-refractivity contribution in [2.75, 3.05) is 0 Å². The Morgan fingerprint density at radius 2 is 0.643 bits per heavy atom. The molecule has 0 saturated heterocycles. The van der Waals surface area contributed by atoms with Crippen LogP contribution in [0.25, 0.3) is 0 Å². The molecule has 0 amide bonds. The van der Waals surface area contributed by atoms with Crippen molar-refractivity contribution in [3.05, 3.63) is 0 Å². The van der Waals surface area contributed by atoms with Crippen molar-refractivity contribution in [2.45, 2.75) is 0 Å². The van der Waals surface area contributed by atoms with E-state index in [2.05, 4.69) is 0 Å². The van der Waals surface area contributed by atoms with Gasteiger partial charge in [0.05, 0.1) is 0 Å². The Morgan fingerprint density at radius 1 is 0.643 bits per heavy atom. The van der Waals surface area contributed by atoms with Gasteiger partial charge in [-0.25, -0.2) is 0 Å². The molecule has 10 nitrogen and oxygen atoms in total. The van der Waals surface area contributed by atoms with Crippen LogP contribution in [-0.2, 0) is 38.2 Å². The van der Waals surface area contributed by atoms with E-state index in [0.717, 1.165) is 0 Å². The molecule has 0 bridgehead atoms. The van der Waals surface area contributed by atoms with E-state index in [4.69, 9.17) is 35.0 Å². The van der Waals surface area contributed by atoms with Gasteiger partial charge in [-0.15, -0.1) is 0 Å². The van der Waals surface area contributed by atoms with E-state index in [1.807, 2.05) is 0 Å². The molecular weight excluding hydrogens is 315 g/mol. The molecule has 0 spiro atoms. The Bertz CT molecular complexity index is 214. The average molecular weight is 319 g/mol. The van der Waals surface area contributed by atoms with Gasteiger partial charge < -0.3 is 29.2 Å². The molecule has 83 valence electrons. The Hall–Kier alpha value is 1.83. The van der Waals surface area contributed by atoms with Gasteiger partial charge in [-0.2, -0.15) is 0 Å². The van der Waals surface area contributed by atoms with Gasteiger partial charge in [-0.1, -0.05) is 0 Å². The number of hydrogen-bond acceptors (Lipinski definition) is 8. The van der Waals surface area contributed by atoms with Crippen LogP contribution in [0.2, 0.25) is 0 Å². The molecule has 0 fully saturated rings. The molecule has 14 heteroatoms. The van der Waals surface area contributed by atoms with Crippen molar-refractivity contribution in [3.8, 4) is 0 Å². The molecule has 0 aliphatic carbocycles. The molecule has 0 aromatic heterocycles. The van der Waals surface area contributed by atoms with E-state index < -0.39 is 20.8 Å². The fourth-order valence-electron chi connectivity index (χ4n) is 0. The summed E-state index contributed by atoms with van der Waals surface area (Å²) in [5, 5.41) is 0. The van der Waals surface area contributed by atoms with Crippen molar-refractivity contribution in [2.24, 2.45) is 0 Å². The summed E-state index contributed by atoms with van der Waals surface area (Å²) in [5.41, 5.74) is 0. The third-order valence-corrected chi connectivity index (χ3v) is 0. The quantitative estimate of drug-likeness (QED) is 0.236. The number of hydrogen-bond donors (Lipinski definition) is 0. The van der Waals surface area contributed by atoms with Gasteiger partial charge in [0, 0.05) is 20.8 Å². The monoisotopic (exact) mass is 319 g/mol. The van der Waals surface area contributed by atoms with Crippen LogP contribution < -0.4 is 51.4 Å². The van der Waals surface area contributed by atoms with Crippen LogP contribution in [-0.4, -0.2) is 46.0 Å². The van der Waals surface area contributed by atoms with Crippen LogP contribution in [0, 0.1) is 0 Å². The number of rotatable bonds is 0. The molecular formula is H4CrKO10S2. The van der Waals surface area contributed by atoms with E-state index in [9.17, 15) is 0 Å². The standard InChI is InChI=1S/Cr.K.2H2O4S.2H2O/c;;2*1-5(2,3)4;;/h;;2*(H2,1,2,3,4);2*1H2/q+3;+1;;;;/p-4. The van der Waals surface area contributed by atoms with Crippen LogP contribution in [0.5, 0.6) is 0 Å². The maximum absolute atomic E-state index is 8.52. The fourth-order valence-corrected chi connectivity index (χ4v) is 0. The molecule has 1 radical (unpaired) electrons. The third-order valence-electron chi connectivity index (χ3n) is 0. The van der Waals surface area contributed by atoms with Gasteiger partial charge in [-0.05, 0) is 0 Å². The van der Waals surface area contributed by atoms with Crippen molar-refractivity contribution in [1.29, 1.82) is 0 Å². The smallest absolute Gasteiger partial charge is 0.759 e. The zero-order valence-corrected chi connectivity index (χ0v) is 12.5. The summed E-state index contributed by atoms with van der Waals surface area (Å²) in [7, 11) is -10.3. The summed E-state index contributed by atoms with van der Waals surface area (Å²) in [6, 6.07) is 0. The van der Waals surface area contributed by atoms with E-state index in [1.165, 1.54) is 0 Å². The first-order chi connectivity index (χ1) is 4.00. The Morgan fingerprint density at radius 3 is 0.643 bits per heavy atom. The summed E-state index contributed by atoms with van der Waals surface area (Å²) in [4.78, 5) is 0. The van der Waals surface area contributed by atoms with E-state index in [1.54, 1.807) is 0 Å². The molecule has 0 unspecified atom stereocenters. The molecule has 0 aliphatic heterocycles. The zero-order valence-electron chi connectivity index (χ0n) is 6.49. The summed E-state index contributed by atoms with van der Waals surface area (Å²) in [6.45, 7) is 0. The fraction of sp³-hybridized carbons (Fsp3) is 0. The Labute approximate surface area is 133 Å². The summed E-state index contributed by atoms with van der Waals surface area (Å²) < 4.78 is 68.2. The second-order valence-corrected chi connectivity index (χ2v) is 2.45. The minimum atomic E-state index is -5.17. The van der Waals surface area contributed by atoms with Gasteiger partial charge in [0.25, 0.3) is 0 Å². The SMILES string of the molecule is O.O.O=S(=O)([O-])[O-].O=S(=O)([O-])[O-].[Cr+3].[K+]. The van der Waals surface area contributed by atoms with Gasteiger partial charge in [0.1, 0.15) is 0 Å². The van der Waals surface area contributed by atoms with Crippen LogP contribution in [0.4, 0.5) is 0 Å². The van der Waals surface area contributed by atoms with Crippen molar-refractivity contribution in [3.63, 3.8) is 0 Å². The molecule has 0 heterocycles. The van der Waals surface area contributed by atoms with Crippen LogP contribution in [0.15, 0.2) is 0 Å². The first-order valence-electron chi connectivity index (χ1n) is 1.33. The average Bonchev–Trinajstić information content (AvgIpc) is 1.12. The van der Waals surface area contributed by atoms with Gasteiger partial charge in [-0.3, -0.25) is 16.8 Å². The predicted octanol–water partition coefficient (Wildman–Crippen LogP) is -7.32. The Balaban J connectivity index is -0.0000000178. The first kappa shape index (κ1) is 36.0. The molecule has 0 saturated carbocycles. The second kappa shape index (κ2) is 14.8. The normalized spacial score (nSPS) is 8.29. The molecule has 0 aliphatic rings. The van der Waals surface area contributed by atoms with Gasteiger partial charge >= 0.3 is 68.7 Å². The first-order valence-corrected chi connectivity index (χ1v) is 4.00. The van der Waals surface area contributed by atoms with Gasteiger partial charge in [0.2, 0.25) is 0 Å². The van der Waals surface area contributed by atoms with Crippen molar-refractivity contribution in [1.82, 2.24) is 0 Å². The van der Waals surface area contributed by atoms with E-state index in [0.29, 0.717) is 0 Å². The third kappa shape index (κ3) is 680. The minimum Gasteiger partial charge on any atom is -0.759 e. The molecule has 0 atom stereocenters. The van der Waals surface area contributed by atoms with Crippen LogP contribution in [0.1, 0.15) is 0 Å². The van der Waals surface area contributed by atoms with Gasteiger partial charge in [0.15, 0.2) is 0 Å². The second-order valence-electron chi connectivity index (χ2n) is 0.816.